The quantitative estimate of drug-likeness (QED) is 0.352. The minimum Gasteiger partial charge on any atom is -0.390 e. The van der Waals surface area contributed by atoms with Gasteiger partial charge in [-0.2, -0.15) is 0 Å². The molecule has 2 aliphatic rings. The average molecular weight is 598 g/mol. The molecule has 1 aromatic heterocycles. The molecule has 44 heavy (non-hydrogen) atoms. The molecule has 0 spiro atoms. The number of rotatable bonds is 11. The van der Waals surface area contributed by atoms with Gasteiger partial charge in [0, 0.05) is 69.2 Å². The number of carbonyl (C=O) groups is 2. The number of hydrogen-bond acceptors (Lipinski definition) is 6. The Morgan fingerprint density at radius 3 is 2.23 bits per heavy atom. The van der Waals surface area contributed by atoms with E-state index in [0.717, 1.165) is 37.1 Å². The minimum atomic E-state index is -0.775. The smallest absolute Gasteiger partial charge is 0.239 e. The van der Waals surface area contributed by atoms with Gasteiger partial charge in [-0.05, 0) is 62.8 Å². The third kappa shape index (κ3) is 8.74. The van der Waals surface area contributed by atoms with Gasteiger partial charge in [-0.25, -0.2) is 0 Å². The van der Waals surface area contributed by atoms with Crippen LogP contribution in [0.4, 0.5) is 0 Å². The molecule has 0 bridgehead atoms. The second kappa shape index (κ2) is 14.5. The summed E-state index contributed by atoms with van der Waals surface area (Å²) >= 11 is 0. The predicted octanol–water partition coefficient (Wildman–Crippen LogP) is 3.55. The van der Waals surface area contributed by atoms with Gasteiger partial charge in [0.1, 0.15) is 6.04 Å². The highest BCUT2D eigenvalue weighted by Crippen LogP contribution is 2.30. The van der Waals surface area contributed by atoms with E-state index in [0.29, 0.717) is 26.1 Å². The Hall–Kier alpha value is -3.59. The third-order valence-corrected chi connectivity index (χ3v) is 8.63. The summed E-state index contributed by atoms with van der Waals surface area (Å²) in [6, 6.07) is 24.0. The van der Waals surface area contributed by atoms with Gasteiger partial charge in [-0.15, -0.1) is 0 Å². The fraction of sp³-hybridized carbons (Fsp3) is 0.472. The summed E-state index contributed by atoms with van der Waals surface area (Å²) in [7, 11) is 0. The van der Waals surface area contributed by atoms with Crippen LogP contribution in [-0.4, -0.2) is 93.1 Å². The van der Waals surface area contributed by atoms with Crippen LogP contribution in [0.15, 0.2) is 85.2 Å². The first kappa shape index (κ1) is 31.8. The van der Waals surface area contributed by atoms with Gasteiger partial charge in [0.05, 0.1) is 6.10 Å². The molecule has 8 nitrogen and oxygen atoms in total. The molecule has 234 valence electrons. The highest BCUT2D eigenvalue weighted by molar-refractivity contribution is 5.83. The van der Waals surface area contributed by atoms with Crippen LogP contribution in [0.1, 0.15) is 43.9 Å². The monoisotopic (exact) mass is 597 g/mol. The molecule has 5 rings (SSSR count). The number of aliphatic hydroxyl groups excluding tert-OH is 1. The summed E-state index contributed by atoms with van der Waals surface area (Å²) < 4.78 is 0. The van der Waals surface area contributed by atoms with Crippen LogP contribution < -0.4 is 5.32 Å². The summed E-state index contributed by atoms with van der Waals surface area (Å²) in [4.78, 5) is 37.9. The van der Waals surface area contributed by atoms with Gasteiger partial charge in [-0.3, -0.25) is 24.4 Å². The fourth-order valence-electron chi connectivity index (χ4n) is 6.61. The molecular formula is C36H47N5O3. The van der Waals surface area contributed by atoms with Gasteiger partial charge in [-0.1, -0.05) is 66.7 Å². The van der Waals surface area contributed by atoms with Crippen molar-refractivity contribution in [1.82, 2.24) is 25.0 Å². The van der Waals surface area contributed by atoms with Crippen molar-refractivity contribution in [3.8, 4) is 0 Å². The molecule has 3 aromatic rings. The van der Waals surface area contributed by atoms with Crippen LogP contribution in [0, 0.1) is 5.92 Å². The molecule has 0 aliphatic carbocycles. The van der Waals surface area contributed by atoms with E-state index in [1.807, 2.05) is 74.3 Å². The van der Waals surface area contributed by atoms with Crippen molar-refractivity contribution in [3.63, 3.8) is 0 Å². The molecule has 2 aromatic carbocycles. The SMILES string of the molecule is CC(C)(C)NC(=O)C1CN(Cc2cccnc2)CCN1CC(O)CN1C(=O)C(Cc2ccccc2)C[C@@H]1Cc1ccccc1. The normalized spacial score (nSPS) is 22.2. The maximum atomic E-state index is 13.8. The zero-order valence-electron chi connectivity index (χ0n) is 26.3. The van der Waals surface area contributed by atoms with Crippen molar-refractivity contribution in [2.45, 2.75) is 70.3 Å². The molecule has 3 heterocycles. The molecule has 2 N–H and O–H groups in total. The number of amides is 2. The number of pyridine rings is 1. The van der Waals surface area contributed by atoms with Crippen molar-refractivity contribution in [2.24, 2.45) is 5.92 Å². The van der Waals surface area contributed by atoms with Crippen molar-refractivity contribution >= 4 is 11.8 Å². The van der Waals surface area contributed by atoms with Crippen molar-refractivity contribution in [1.29, 1.82) is 0 Å². The molecule has 2 amide bonds. The Labute approximate surface area is 262 Å². The lowest BCUT2D eigenvalue weighted by atomic mass is 9.94. The maximum Gasteiger partial charge on any atom is 0.239 e. The zero-order chi connectivity index (χ0) is 31.1. The summed E-state index contributed by atoms with van der Waals surface area (Å²) in [6.07, 6.45) is 5.08. The topological polar surface area (TPSA) is 89.0 Å². The van der Waals surface area contributed by atoms with Crippen LogP contribution >= 0.6 is 0 Å². The van der Waals surface area contributed by atoms with Gasteiger partial charge in [0.15, 0.2) is 0 Å². The largest absolute Gasteiger partial charge is 0.390 e. The molecular weight excluding hydrogens is 550 g/mol. The maximum absolute atomic E-state index is 13.8. The van der Waals surface area contributed by atoms with Gasteiger partial charge < -0.3 is 15.3 Å². The number of nitrogens with one attached hydrogen (secondary N) is 1. The molecule has 8 heteroatoms. The van der Waals surface area contributed by atoms with E-state index in [4.69, 9.17) is 0 Å². The van der Waals surface area contributed by atoms with E-state index in [1.54, 1.807) is 6.20 Å². The van der Waals surface area contributed by atoms with Crippen molar-refractivity contribution in [3.05, 3.63) is 102 Å². The number of piperazine rings is 1. The highest BCUT2D eigenvalue weighted by atomic mass is 16.3. The van der Waals surface area contributed by atoms with E-state index in [1.165, 1.54) is 5.56 Å². The Kier molecular flexibility index (Phi) is 10.5. The first-order valence-electron chi connectivity index (χ1n) is 15.9. The third-order valence-electron chi connectivity index (χ3n) is 8.63. The first-order chi connectivity index (χ1) is 21.1. The number of likely N-dealkylation sites (tertiary alicyclic amines) is 1. The molecule has 2 fully saturated rings. The standard InChI is InChI=1S/C36H47N5O3/c1-36(2,3)38-34(43)33-26-39(23-29-15-10-16-37-22-29)17-18-40(33)24-32(42)25-41-31(20-28-13-8-5-9-14-28)21-30(35(41)44)19-27-11-6-4-7-12-27/h4-16,22,30-33,42H,17-21,23-26H2,1-3H3,(H,38,43)/t30?,31-,32?,33?/m0/s1. The molecule has 2 aliphatic heterocycles. The highest BCUT2D eigenvalue weighted by Gasteiger charge is 2.41. The second-order valence-corrected chi connectivity index (χ2v) is 13.5. The molecule has 0 saturated carbocycles. The fourth-order valence-corrected chi connectivity index (χ4v) is 6.61. The number of benzene rings is 2. The summed E-state index contributed by atoms with van der Waals surface area (Å²) in [5.74, 6) is -0.0421. The molecule has 0 radical (unpaired) electrons. The lowest BCUT2D eigenvalue weighted by molar-refractivity contribution is -0.135. The van der Waals surface area contributed by atoms with E-state index in [-0.39, 0.29) is 35.9 Å². The lowest BCUT2D eigenvalue weighted by Crippen LogP contribution is -2.62. The predicted molar refractivity (Wildman–Crippen MR) is 173 cm³/mol. The minimum absolute atomic E-state index is 0.0181. The number of aliphatic hydroxyl groups is 1. The molecule has 2 saturated heterocycles. The summed E-state index contributed by atoms with van der Waals surface area (Å²) in [5, 5.41) is 14.6. The Balaban J connectivity index is 1.28. The van der Waals surface area contributed by atoms with Crippen LogP contribution in [0.5, 0.6) is 0 Å². The first-order valence-corrected chi connectivity index (χ1v) is 15.9. The number of hydrogen-bond donors (Lipinski definition) is 2. The van der Waals surface area contributed by atoms with Gasteiger partial charge in [0.2, 0.25) is 11.8 Å². The van der Waals surface area contributed by atoms with E-state index in [9.17, 15) is 14.7 Å². The molecule has 3 unspecified atom stereocenters. The number of nitrogens with zero attached hydrogens (tertiary/aromatic N) is 4. The Morgan fingerprint density at radius 2 is 1.59 bits per heavy atom. The van der Waals surface area contributed by atoms with E-state index in [2.05, 4.69) is 50.4 Å². The second-order valence-electron chi connectivity index (χ2n) is 13.5. The van der Waals surface area contributed by atoms with Crippen LogP contribution in [0.2, 0.25) is 0 Å². The average Bonchev–Trinajstić information content (AvgIpc) is 3.27. The van der Waals surface area contributed by atoms with E-state index >= 15 is 0 Å². The van der Waals surface area contributed by atoms with Crippen LogP contribution in [0.25, 0.3) is 0 Å². The van der Waals surface area contributed by atoms with E-state index < -0.39 is 12.1 Å². The lowest BCUT2D eigenvalue weighted by Gasteiger charge is -2.42. The summed E-state index contributed by atoms with van der Waals surface area (Å²) in [5.41, 5.74) is 3.09. The number of β-amino-alcohol motifs (C(OH)–C–C–N with tert-alkyl or cyclic N) is 1. The van der Waals surface area contributed by atoms with Gasteiger partial charge >= 0.3 is 0 Å². The van der Waals surface area contributed by atoms with Crippen LogP contribution in [0.3, 0.4) is 0 Å². The van der Waals surface area contributed by atoms with Gasteiger partial charge in [0.25, 0.3) is 0 Å². The zero-order valence-corrected chi connectivity index (χ0v) is 26.3. The number of carbonyl (C=O) groups excluding carboxylic acids is 2. The van der Waals surface area contributed by atoms with Crippen molar-refractivity contribution in [2.75, 3.05) is 32.7 Å². The Bertz CT molecular complexity index is 1350. The Morgan fingerprint density at radius 1 is 0.932 bits per heavy atom. The van der Waals surface area contributed by atoms with Crippen molar-refractivity contribution < 1.29 is 14.7 Å². The van der Waals surface area contributed by atoms with Crippen LogP contribution in [-0.2, 0) is 29.0 Å². The number of aromatic nitrogens is 1. The molecule has 4 atom stereocenters. The summed E-state index contributed by atoms with van der Waals surface area (Å²) in [6.45, 7) is 9.24.